The van der Waals surface area contributed by atoms with Gasteiger partial charge >= 0.3 is 4.87 Å². The van der Waals surface area contributed by atoms with E-state index >= 15 is 0 Å². The molecular formula is C23H25N3O5S2. The third-order valence-electron chi connectivity index (χ3n) is 6.25. The highest BCUT2D eigenvalue weighted by molar-refractivity contribution is 7.93. The first-order chi connectivity index (χ1) is 15.9. The Bertz CT molecular complexity index is 1370. The van der Waals surface area contributed by atoms with E-state index in [1.165, 1.54) is 4.31 Å². The van der Waals surface area contributed by atoms with Crippen LogP contribution in [0.5, 0.6) is 0 Å². The highest BCUT2D eigenvalue weighted by atomic mass is 32.2. The monoisotopic (exact) mass is 487 g/mol. The molecule has 1 atom stereocenters. The summed E-state index contributed by atoms with van der Waals surface area (Å²) in [5, 5.41) is 0. The molecule has 33 heavy (non-hydrogen) atoms. The van der Waals surface area contributed by atoms with Gasteiger partial charge in [0.25, 0.3) is 10.0 Å². The number of hydrogen-bond acceptors (Lipinski definition) is 6. The molecule has 2 aliphatic heterocycles. The number of ether oxygens (including phenoxy) is 1. The molecule has 8 nitrogen and oxygen atoms in total. The first-order valence-electron chi connectivity index (χ1n) is 11.0. The maximum atomic E-state index is 13.5. The largest absolute Gasteiger partial charge is 0.378 e. The number of fused-ring (bicyclic) bond motifs is 2. The van der Waals surface area contributed by atoms with Gasteiger partial charge in [-0.3, -0.25) is 18.5 Å². The number of amides is 1. The number of aryl methyl sites for hydroxylation is 1. The van der Waals surface area contributed by atoms with Crippen LogP contribution in [0.3, 0.4) is 0 Å². The lowest BCUT2D eigenvalue weighted by Crippen LogP contribution is -2.41. The topological polar surface area (TPSA) is 88.9 Å². The molecule has 1 amide bonds. The second-order valence-electron chi connectivity index (χ2n) is 8.38. The van der Waals surface area contributed by atoms with Gasteiger partial charge in [0.15, 0.2) is 0 Å². The van der Waals surface area contributed by atoms with Gasteiger partial charge in [0, 0.05) is 32.1 Å². The van der Waals surface area contributed by atoms with Gasteiger partial charge in [0.1, 0.15) is 0 Å². The Morgan fingerprint density at radius 3 is 2.70 bits per heavy atom. The number of carbonyl (C=O) groups excluding carboxylic acids is 1. The number of para-hydroxylation sites is 1. The third-order valence-corrected chi connectivity index (χ3v) is 9.12. The average Bonchev–Trinajstić information content (AvgIpc) is 3.32. The fourth-order valence-corrected chi connectivity index (χ4v) is 7.36. The number of morpholine rings is 1. The number of anilines is 1. The Balaban J connectivity index is 1.42. The van der Waals surface area contributed by atoms with E-state index in [-0.39, 0.29) is 34.7 Å². The molecule has 0 unspecified atom stereocenters. The highest BCUT2D eigenvalue weighted by Crippen LogP contribution is 2.37. The van der Waals surface area contributed by atoms with E-state index in [4.69, 9.17) is 4.74 Å². The zero-order valence-corrected chi connectivity index (χ0v) is 19.9. The van der Waals surface area contributed by atoms with Crippen LogP contribution < -0.4 is 9.18 Å². The van der Waals surface area contributed by atoms with Crippen LogP contribution >= 0.6 is 11.3 Å². The Kier molecular flexibility index (Phi) is 5.75. The van der Waals surface area contributed by atoms with Crippen LogP contribution in [0.15, 0.2) is 52.2 Å². The van der Waals surface area contributed by atoms with Crippen molar-refractivity contribution in [3.63, 3.8) is 0 Å². The van der Waals surface area contributed by atoms with E-state index in [0.29, 0.717) is 48.6 Å². The number of nitrogens with zero attached hydrogens (tertiary/aromatic N) is 3. The van der Waals surface area contributed by atoms with Crippen molar-refractivity contribution in [2.45, 2.75) is 37.2 Å². The van der Waals surface area contributed by atoms with E-state index in [1.807, 2.05) is 31.2 Å². The Morgan fingerprint density at radius 1 is 1.15 bits per heavy atom. The predicted molar refractivity (Wildman–Crippen MR) is 127 cm³/mol. The Hall–Kier alpha value is -2.69. The van der Waals surface area contributed by atoms with Gasteiger partial charge in [-0.15, -0.1) is 0 Å². The minimum absolute atomic E-state index is 0.00886. The summed E-state index contributed by atoms with van der Waals surface area (Å²) in [6, 6.07) is 12.2. The number of carbonyl (C=O) groups is 1. The number of thiazole rings is 1. The normalized spacial score (nSPS) is 18.6. The summed E-state index contributed by atoms with van der Waals surface area (Å²) in [4.78, 5) is 26.8. The fraction of sp³-hybridized carbons (Fsp3) is 0.391. The molecular weight excluding hydrogens is 462 g/mol. The van der Waals surface area contributed by atoms with Crippen LogP contribution in [0.2, 0.25) is 0 Å². The van der Waals surface area contributed by atoms with Crippen molar-refractivity contribution >= 4 is 43.2 Å². The van der Waals surface area contributed by atoms with Gasteiger partial charge in [-0.05, 0) is 43.2 Å². The van der Waals surface area contributed by atoms with E-state index in [9.17, 15) is 18.0 Å². The van der Waals surface area contributed by atoms with Crippen LogP contribution in [0.4, 0.5) is 5.69 Å². The van der Waals surface area contributed by atoms with Crippen molar-refractivity contribution in [3.8, 4) is 0 Å². The number of rotatable bonds is 5. The van der Waals surface area contributed by atoms with Crippen molar-refractivity contribution in [1.82, 2.24) is 9.47 Å². The number of aromatic nitrogens is 1. The van der Waals surface area contributed by atoms with E-state index in [1.54, 1.807) is 27.7 Å². The minimum Gasteiger partial charge on any atom is -0.378 e. The number of sulfonamides is 1. The van der Waals surface area contributed by atoms with Crippen LogP contribution in [0.1, 0.15) is 18.9 Å². The third kappa shape index (κ3) is 3.96. The van der Waals surface area contributed by atoms with Gasteiger partial charge in [-0.1, -0.05) is 29.5 Å². The van der Waals surface area contributed by atoms with Crippen molar-refractivity contribution in [2.24, 2.45) is 0 Å². The summed E-state index contributed by atoms with van der Waals surface area (Å²) in [5.41, 5.74) is 2.36. The van der Waals surface area contributed by atoms with Crippen LogP contribution in [0.25, 0.3) is 10.2 Å². The molecule has 1 saturated heterocycles. The SMILES string of the molecule is C[C@H]1Cc2ccccc2N1S(=O)(=O)c1ccc2c(c1)sc(=O)n2CCC(=O)N1CCOCC1. The van der Waals surface area contributed by atoms with Crippen LogP contribution in [0, 0.1) is 0 Å². The molecule has 3 aromatic rings. The van der Waals surface area contributed by atoms with E-state index < -0.39 is 10.0 Å². The average molecular weight is 488 g/mol. The number of benzene rings is 2. The standard InChI is InChI=1S/C23H25N3O5S2/c1-16-14-17-4-2-3-5-19(17)26(16)33(29,30)18-6-7-20-21(15-18)32-23(28)25(20)9-8-22(27)24-10-12-31-13-11-24/h2-7,15-16H,8-14H2,1H3/t16-/m0/s1. The van der Waals surface area contributed by atoms with Crippen LogP contribution in [-0.2, 0) is 32.5 Å². The maximum absolute atomic E-state index is 13.5. The van der Waals surface area contributed by atoms with Crippen LogP contribution in [-0.4, -0.2) is 56.1 Å². The Morgan fingerprint density at radius 2 is 1.91 bits per heavy atom. The molecule has 2 aromatic carbocycles. The van der Waals surface area contributed by atoms with Gasteiger partial charge in [-0.2, -0.15) is 0 Å². The molecule has 174 valence electrons. The molecule has 5 rings (SSSR count). The van der Waals surface area contributed by atoms with E-state index in [0.717, 1.165) is 16.9 Å². The molecule has 10 heteroatoms. The molecule has 0 spiro atoms. The summed E-state index contributed by atoms with van der Waals surface area (Å²) in [6.45, 7) is 4.36. The first-order valence-corrected chi connectivity index (χ1v) is 13.2. The summed E-state index contributed by atoms with van der Waals surface area (Å²) >= 11 is 1.00. The molecule has 1 fully saturated rings. The highest BCUT2D eigenvalue weighted by Gasteiger charge is 2.36. The lowest BCUT2D eigenvalue weighted by atomic mass is 10.1. The fourth-order valence-electron chi connectivity index (χ4n) is 4.61. The lowest BCUT2D eigenvalue weighted by Gasteiger charge is -2.26. The van der Waals surface area contributed by atoms with Gasteiger partial charge in [0.2, 0.25) is 5.91 Å². The summed E-state index contributed by atoms with van der Waals surface area (Å²) in [5.74, 6) is -0.00886. The summed E-state index contributed by atoms with van der Waals surface area (Å²) < 4.78 is 35.9. The molecule has 0 radical (unpaired) electrons. The van der Waals surface area contributed by atoms with Crippen molar-refractivity contribution < 1.29 is 17.9 Å². The summed E-state index contributed by atoms with van der Waals surface area (Å²) in [6.07, 6.45) is 0.881. The molecule has 0 saturated carbocycles. The number of hydrogen-bond donors (Lipinski definition) is 0. The molecule has 2 aliphatic rings. The first kappa shape index (κ1) is 22.1. The van der Waals surface area contributed by atoms with Crippen molar-refractivity contribution in [2.75, 3.05) is 30.6 Å². The Labute approximate surface area is 196 Å². The smallest absolute Gasteiger partial charge is 0.308 e. The quantitative estimate of drug-likeness (QED) is 0.552. The van der Waals surface area contributed by atoms with Crippen molar-refractivity contribution in [1.29, 1.82) is 0 Å². The predicted octanol–water partition coefficient (Wildman–Crippen LogP) is 2.45. The second-order valence-corrected chi connectivity index (χ2v) is 11.2. The second kappa shape index (κ2) is 8.58. The zero-order chi connectivity index (χ0) is 23.2. The molecule has 0 bridgehead atoms. The van der Waals surface area contributed by atoms with E-state index in [2.05, 4.69) is 0 Å². The van der Waals surface area contributed by atoms with Gasteiger partial charge < -0.3 is 9.64 Å². The van der Waals surface area contributed by atoms with Gasteiger partial charge in [0.05, 0.1) is 34.0 Å². The minimum atomic E-state index is -3.78. The summed E-state index contributed by atoms with van der Waals surface area (Å²) in [7, 11) is -3.78. The molecule has 1 aromatic heterocycles. The molecule has 0 N–H and O–H groups in total. The maximum Gasteiger partial charge on any atom is 0.308 e. The van der Waals surface area contributed by atoms with Gasteiger partial charge in [-0.25, -0.2) is 8.42 Å². The molecule has 3 heterocycles. The van der Waals surface area contributed by atoms with Crippen molar-refractivity contribution in [3.05, 3.63) is 57.7 Å². The lowest BCUT2D eigenvalue weighted by molar-refractivity contribution is -0.135. The molecule has 0 aliphatic carbocycles. The zero-order valence-electron chi connectivity index (χ0n) is 18.3.